The van der Waals surface area contributed by atoms with Crippen LogP contribution >= 0.6 is 0 Å². The highest BCUT2D eigenvalue weighted by Crippen LogP contribution is 2.22. The minimum Gasteiger partial charge on any atom is -0.477 e. The van der Waals surface area contributed by atoms with Crippen molar-refractivity contribution >= 4 is 11.7 Å². The van der Waals surface area contributed by atoms with E-state index in [9.17, 15) is 4.79 Å². The van der Waals surface area contributed by atoms with E-state index in [1.54, 1.807) is 12.3 Å². The second-order valence-corrected chi connectivity index (χ2v) is 4.40. The van der Waals surface area contributed by atoms with Crippen LogP contribution in [0.4, 0.5) is 5.69 Å². The molecule has 0 radical (unpaired) electrons. The van der Waals surface area contributed by atoms with E-state index < -0.39 is 5.97 Å². The Hall–Kier alpha value is -1.58. The third-order valence-corrected chi connectivity index (χ3v) is 2.98. The SMILES string of the molecule is CC1CCCN(c2ccnc(C(=O)O)c2)C1. The molecule has 0 amide bonds. The van der Waals surface area contributed by atoms with Crippen molar-refractivity contribution in [1.82, 2.24) is 4.98 Å². The molecule has 4 heteroatoms. The molecule has 1 aliphatic rings. The van der Waals surface area contributed by atoms with E-state index in [1.807, 2.05) is 6.07 Å². The average Bonchev–Trinajstić information content (AvgIpc) is 2.29. The fraction of sp³-hybridized carbons (Fsp3) is 0.500. The number of anilines is 1. The van der Waals surface area contributed by atoms with Crippen molar-refractivity contribution in [2.45, 2.75) is 19.8 Å². The Morgan fingerprint density at radius 2 is 2.44 bits per heavy atom. The number of carboxylic acids is 1. The Morgan fingerprint density at radius 3 is 3.12 bits per heavy atom. The van der Waals surface area contributed by atoms with Gasteiger partial charge in [-0.05, 0) is 30.9 Å². The van der Waals surface area contributed by atoms with Crippen LogP contribution in [0.3, 0.4) is 0 Å². The smallest absolute Gasteiger partial charge is 0.354 e. The van der Waals surface area contributed by atoms with Gasteiger partial charge in [-0.2, -0.15) is 0 Å². The van der Waals surface area contributed by atoms with Gasteiger partial charge in [0, 0.05) is 25.0 Å². The molecular formula is C12H16N2O2. The molecule has 1 N–H and O–H groups in total. The summed E-state index contributed by atoms with van der Waals surface area (Å²) in [4.78, 5) is 16.9. The largest absolute Gasteiger partial charge is 0.477 e. The highest BCUT2D eigenvalue weighted by Gasteiger charge is 2.17. The zero-order valence-electron chi connectivity index (χ0n) is 9.39. The highest BCUT2D eigenvalue weighted by atomic mass is 16.4. The van der Waals surface area contributed by atoms with Gasteiger partial charge in [0.2, 0.25) is 0 Å². The number of pyridine rings is 1. The van der Waals surface area contributed by atoms with Crippen molar-refractivity contribution in [1.29, 1.82) is 0 Å². The first-order valence-corrected chi connectivity index (χ1v) is 5.61. The van der Waals surface area contributed by atoms with Gasteiger partial charge in [-0.3, -0.25) is 0 Å². The highest BCUT2D eigenvalue weighted by molar-refractivity contribution is 5.86. The molecule has 1 saturated heterocycles. The zero-order valence-corrected chi connectivity index (χ0v) is 9.39. The lowest BCUT2D eigenvalue weighted by molar-refractivity contribution is 0.0690. The molecule has 1 fully saturated rings. The minimum atomic E-state index is -0.966. The lowest BCUT2D eigenvalue weighted by atomic mass is 10.00. The van der Waals surface area contributed by atoms with Crippen molar-refractivity contribution in [2.75, 3.05) is 18.0 Å². The van der Waals surface area contributed by atoms with Gasteiger partial charge >= 0.3 is 5.97 Å². The Labute approximate surface area is 94.9 Å². The van der Waals surface area contributed by atoms with Crippen LogP contribution in [0.5, 0.6) is 0 Å². The van der Waals surface area contributed by atoms with Crippen LogP contribution in [0.25, 0.3) is 0 Å². The number of aromatic nitrogens is 1. The van der Waals surface area contributed by atoms with Crippen LogP contribution in [0.2, 0.25) is 0 Å². The second-order valence-electron chi connectivity index (χ2n) is 4.40. The van der Waals surface area contributed by atoms with Gasteiger partial charge in [-0.15, -0.1) is 0 Å². The topological polar surface area (TPSA) is 53.4 Å². The number of carbonyl (C=O) groups is 1. The van der Waals surface area contributed by atoms with Crippen molar-refractivity contribution in [3.8, 4) is 0 Å². The summed E-state index contributed by atoms with van der Waals surface area (Å²) >= 11 is 0. The number of aromatic carboxylic acids is 1. The lowest BCUT2D eigenvalue weighted by Gasteiger charge is -2.32. The first-order valence-electron chi connectivity index (χ1n) is 5.61. The van der Waals surface area contributed by atoms with E-state index in [1.165, 1.54) is 12.8 Å². The Balaban J connectivity index is 2.19. The zero-order chi connectivity index (χ0) is 11.5. The van der Waals surface area contributed by atoms with Gasteiger partial charge in [0.05, 0.1) is 0 Å². The number of hydrogen-bond acceptors (Lipinski definition) is 3. The fourth-order valence-corrected chi connectivity index (χ4v) is 2.16. The number of hydrogen-bond donors (Lipinski definition) is 1. The Kier molecular flexibility index (Phi) is 3.08. The Bertz CT molecular complexity index is 392. The molecule has 2 heterocycles. The van der Waals surface area contributed by atoms with Crippen LogP contribution in [0, 0.1) is 5.92 Å². The summed E-state index contributed by atoms with van der Waals surface area (Å²) in [6.07, 6.45) is 4.00. The predicted octanol–water partition coefficient (Wildman–Crippen LogP) is 2.02. The molecule has 1 aromatic heterocycles. The number of rotatable bonds is 2. The van der Waals surface area contributed by atoms with Gasteiger partial charge in [0.25, 0.3) is 0 Å². The minimum absolute atomic E-state index is 0.121. The summed E-state index contributed by atoms with van der Waals surface area (Å²) in [5.74, 6) is -0.290. The summed E-state index contributed by atoms with van der Waals surface area (Å²) in [5, 5.41) is 8.88. The van der Waals surface area contributed by atoms with Crippen LogP contribution < -0.4 is 4.90 Å². The van der Waals surface area contributed by atoms with Crippen molar-refractivity contribution < 1.29 is 9.90 Å². The van der Waals surface area contributed by atoms with Crippen LogP contribution in [0.1, 0.15) is 30.3 Å². The van der Waals surface area contributed by atoms with Gasteiger partial charge in [-0.1, -0.05) is 6.92 Å². The third-order valence-electron chi connectivity index (χ3n) is 2.98. The van der Waals surface area contributed by atoms with Crippen LogP contribution in [-0.2, 0) is 0 Å². The lowest BCUT2D eigenvalue weighted by Crippen LogP contribution is -2.34. The first-order chi connectivity index (χ1) is 7.66. The van der Waals surface area contributed by atoms with E-state index in [4.69, 9.17) is 5.11 Å². The van der Waals surface area contributed by atoms with E-state index in [2.05, 4.69) is 16.8 Å². The molecule has 0 spiro atoms. The summed E-state index contributed by atoms with van der Waals surface area (Å²) in [7, 11) is 0. The third kappa shape index (κ3) is 2.32. The molecule has 4 nitrogen and oxygen atoms in total. The number of nitrogens with zero attached hydrogens (tertiary/aromatic N) is 2. The van der Waals surface area contributed by atoms with Gasteiger partial charge in [0.1, 0.15) is 5.69 Å². The second kappa shape index (κ2) is 4.51. The number of piperidine rings is 1. The molecule has 1 aliphatic heterocycles. The van der Waals surface area contributed by atoms with E-state index >= 15 is 0 Å². The van der Waals surface area contributed by atoms with Crippen molar-refractivity contribution in [3.05, 3.63) is 24.0 Å². The maximum Gasteiger partial charge on any atom is 0.354 e. The van der Waals surface area contributed by atoms with E-state index in [0.29, 0.717) is 5.92 Å². The van der Waals surface area contributed by atoms with Gasteiger partial charge < -0.3 is 10.0 Å². The molecule has 0 bridgehead atoms. The molecule has 1 unspecified atom stereocenters. The molecule has 0 aliphatic carbocycles. The van der Waals surface area contributed by atoms with E-state index in [-0.39, 0.29) is 5.69 Å². The molecule has 16 heavy (non-hydrogen) atoms. The van der Waals surface area contributed by atoms with Gasteiger partial charge in [-0.25, -0.2) is 9.78 Å². The molecule has 2 rings (SSSR count). The standard InChI is InChI=1S/C12H16N2O2/c1-9-3-2-6-14(8-9)10-4-5-13-11(7-10)12(15)16/h4-5,7,9H,2-3,6,8H2,1H3,(H,15,16). The summed E-state index contributed by atoms with van der Waals surface area (Å²) in [6.45, 7) is 4.24. The maximum atomic E-state index is 10.8. The monoisotopic (exact) mass is 220 g/mol. The van der Waals surface area contributed by atoms with Crippen molar-refractivity contribution in [2.24, 2.45) is 5.92 Å². The normalized spacial score (nSPS) is 20.8. The molecular weight excluding hydrogens is 204 g/mol. The predicted molar refractivity (Wildman–Crippen MR) is 61.8 cm³/mol. The van der Waals surface area contributed by atoms with Crippen LogP contribution in [-0.4, -0.2) is 29.1 Å². The molecule has 0 saturated carbocycles. The summed E-state index contributed by atoms with van der Waals surface area (Å²) in [6, 6.07) is 3.53. The summed E-state index contributed by atoms with van der Waals surface area (Å²) < 4.78 is 0. The van der Waals surface area contributed by atoms with Crippen LogP contribution in [0.15, 0.2) is 18.3 Å². The maximum absolute atomic E-state index is 10.8. The Morgan fingerprint density at radius 1 is 1.62 bits per heavy atom. The quantitative estimate of drug-likeness (QED) is 0.828. The first kappa shape index (κ1) is 10.9. The molecule has 0 aromatic carbocycles. The van der Waals surface area contributed by atoms with Crippen molar-refractivity contribution in [3.63, 3.8) is 0 Å². The number of carboxylic acid groups (broad SMARTS) is 1. The molecule has 86 valence electrons. The molecule has 1 atom stereocenters. The molecule has 1 aromatic rings. The fourth-order valence-electron chi connectivity index (χ4n) is 2.16. The summed E-state index contributed by atoms with van der Waals surface area (Å²) in [5.41, 5.74) is 1.09. The average molecular weight is 220 g/mol. The van der Waals surface area contributed by atoms with Gasteiger partial charge in [0.15, 0.2) is 0 Å². The van der Waals surface area contributed by atoms with E-state index in [0.717, 1.165) is 18.8 Å².